The molecule has 140 valence electrons. The van der Waals surface area contributed by atoms with Crippen LogP contribution in [0, 0.1) is 11.8 Å². The highest BCUT2D eigenvalue weighted by molar-refractivity contribution is 5.94. The summed E-state index contributed by atoms with van der Waals surface area (Å²) in [6, 6.07) is 11.8. The van der Waals surface area contributed by atoms with E-state index in [1.807, 2.05) is 43.3 Å². The molecule has 26 heavy (non-hydrogen) atoms. The second kappa shape index (κ2) is 8.49. The van der Waals surface area contributed by atoms with Crippen LogP contribution < -0.4 is 4.90 Å². The third kappa shape index (κ3) is 4.52. The van der Waals surface area contributed by atoms with Gasteiger partial charge in [0.1, 0.15) is 5.69 Å². The average molecular weight is 355 g/mol. The molecule has 0 spiro atoms. The van der Waals surface area contributed by atoms with Crippen molar-refractivity contribution in [2.45, 2.75) is 33.6 Å². The number of benzene rings is 1. The molecule has 0 radical (unpaired) electrons. The summed E-state index contributed by atoms with van der Waals surface area (Å²) in [6.45, 7) is 9.88. The molecule has 3 rings (SSSR count). The molecule has 1 unspecified atom stereocenters. The Morgan fingerprint density at radius 3 is 2.54 bits per heavy atom. The van der Waals surface area contributed by atoms with E-state index in [0.717, 1.165) is 30.9 Å². The quantitative estimate of drug-likeness (QED) is 0.751. The summed E-state index contributed by atoms with van der Waals surface area (Å²) in [7, 11) is 0. The van der Waals surface area contributed by atoms with E-state index in [2.05, 4.69) is 23.9 Å². The molecule has 0 bridgehead atoms. The first-order valence-electron chi connectivity index (χ1n) is 9.60. The Morgan fingerprint density at radius 2 is 1.88 bits per heavy atom. The fraction of sp³-hybridized carbons (Fsp3) is 0.524. The molecule has 0 aliphatic carbocycles. The molecule has 2 aromatic rings. The highest BCUT2D eigenvalue weighted by atomic mass is 16.5. The summed E-state index contributed by atoms with van der Waals surface area (Å²) in [6.07, 6.45) is 2.47. The molecule has 1 aliphatic rings. The lowest BCUT2D eigenvalue weighted by Crippen LogP contribution is -2.41. The predicted octanol–water partition coefficient (Wildman–Crippen LogP) is 4.06. The molecule has 1 atom stereocenters. The highest BCUT2D eigenvalue weighted by Gasteiger charge is 2.28. The van der Waals surface area contributed by atoms with E-state index in [1.165, 1.54) is 12.8 Å². The second-order valence-electron chi connectivity index (χ2n) is 7.67. The van der Waals surface area contributed by atoms with Crippen LogP contribution in [0.2, 0.25) is 0 Å². The van der Waals surface area contributed by atoms with Crippen LogP contribution in [-0.2, 0) is 4.79 Å². The average Bonchev–Trinajstić information content (AvgIpc) is 3.31. The standard InChI is InChI=1S/C21H29N3O2/c1-16(2)14-24(21(25)17(3)15-23-11-7-8-12-23)20-13-19(22-26-20)18-9-5-4-6-10-18/h4-6,9-10,13,16-17H,7-8,11-12,14-15H2,1-3H3. The van der Waals surface area contributed by atoms with Gasteiger partial charge in [0, 0.05) is 30.6 Å². The maximum Gasteiger partial charge on any atom is 0.234 e. The number of carbonyl (C=O) groups is 1. The maximum absolute atomic E-state index is 13.1. The lowest BCUT2D eigenvalue weighted by atomic mass is 10.1. The van der Waals surface area contributed by atoms with Crippen molar-refractivity contribution in [1.29, 1.82) is 0 Å². The van der Waals surface area contributed by atoms with Crippen molar-refractivity contribution in [3.63, 3.8) is 0 Å². The zero-order valence-corrected chi connectivity index (χ0v) is 16.0. The molecule has 1 aromatic carbocycles. The summed E-state index contributed by atoms with van der Waals surface area (Å²) >= 11 is 0. The van der Waals surface area contributed by atoms with Crippen LogP contribution >= 0.6 is 0 Å². The molecule has 0 N–H and O–H groups in total. The number of hydrogen-bond donors (Lipinski definition) is 0. The number of rotatable bonds is 7. The SMILES string of the molecule is CC(C)CN(C(=O)C(C)CN1CCCC1)c1cc(-c2ccccc2)no1. The van der Waals surface area contributed by atoms with Gasteiger partial charge >= 0.3 is 0 Å². The zero-order chi connectivity index (χ0) is 18.5. The molecule has 0 saturated carbocycles. The minimum absolute atomic E-state index is 0.0582. The molecule has 1 aromatic heterocycles. The van der Waals surface area contributed by atoms with Crippen molar-refractivity contribution in [2.75, 3.05) is 31.1 Å². The minimum atomic E-state index is -0.0582. The maximum atomic E-state index is 13.1. The van der Waals surface area contributed by atoms with Gasteiger partial charge in [-0.1, -0.05) is 56.3 Å². The summed E-state index contributed by atoms with van der Waals surface area (Å²) in [5.74, 6) is 0.942. The van der Waals surface area contributed by atoms with E-state index in [1.54, 1.807) is 4.90 Å². The number of amides is 1. The number of hydrogen-bond acceptors (Lipinski definition) is 4. The van der Waals surface area contributed by atoms with Crippen molar-refractivity contribution in [3.05, 3.63) is 36.4 Å². The van der Waals surface area contributed by atoms with Gasteiger partial charge in [-0.05, 0) is 31.8 Å². The molecule has 5 nitrogen and oxygen atoms in total. The van der Waals surface area contributed by atoms with Gasteiger partial charge in [0.2, 0.25) is 11.8 Å². The van der Waals surface area contributed by atoms with Gasteiger partial charge in [0.25, 0.3) is 0 Å². The second-order valence-corrected chi connectivity index (χ2v) is 7.67. The number of likely N-dealkylation sites (tertiary alicyclic amines) is 1. The van der Waals surface area contributed by atoms with Crippen LogP contribution in [0.15, 0.2) is 40.9 Å². The van der Waals surface area contributed by atoms with Crippen molar-refractivity contribution in [2.24, 2.45) is 11.8 Å². The van der Waals surface area contributed by atoms with E-state index < -0.39 is 0 Å². The Hall–Kier alpha value is -2.14. The summed E-state index contributed by atoms with van der Waals surface area (Å²) in [5, 5.41) is 4.18. The first-order chi connectivity index (χ1) is 12.5. The van der Waals surface area contributed by atoms with Gasteiger partial charge in [-0.2, -0.15) is 0 Å². The van der Waals surface area contributed by atoms with Gasteiger partial charge in [0.05, 0.1) is 0 Å². The number of nitrogens with zero attached hydrogens (tertiary/aromatic N) is 3. The number of aromatic nitrogens is 1. The van der Waals surface area contributed by atoms with Crippen LogP contribution in [0.1, 0.15) is 33.6 Å². The molecule has 1 saturated heterocycles. The van der Waals surface area contributed by atoms with Crippen LogP contribution in [0.3, 0.4) is 0 Å². The van der Waals surface area contributed by atoms with Crippen LogP contribution in [-0.4, -0.2) is 42.1 Å². The Bertz CT molecular complexity index is 705. The molecular formula is C21H29N3O2. The van der Waals surface area contributed by atoms with Crippen molar-refractivity contribution < 1.29 is 9.32 Å². The molecule has 1 fully saturated rings. The van der Waals surface area contributed by atoms with E-state index in [-0.39, 0.29) is 11.8 Å². The molecule has 5 heteroatoms. The third-order valence-electron chi connectivity index (χ3n) is 4.80. The van der Waals surface area contributed by atoms with E-state index in [9.17, 15) is 4.79 Å². The minimum Gasteiger partial charge on any atom is -0.338 e. The zero-order valence-electron chi connectivity index (χ0n) is 16.0. The Labute approximate surface area is 156 Å². The number of anilines is 1. The summed E-state index contributed by atoms with van der Waals surface area (Å²) < 4.78 is 5.56. The van der Waals surface area contributed by atoms with E-state index in [4.69, 9.17) is 4.52 Å². The van der Waals surface area contributed by atoms with Crippen molar-refractivity contribution in [3.8, 4) is 11.3 Å². The molecule has 1 amide bonds. The van der Waals surface area contributed by atoms with E-state index in [0.29, 0.717) is 18.3 Å². The van der Waals surface area contributed by atoms with E-state index >= 15 is 0 Å². The van der Waals surface area contributed by atoms with Crippen LogP contribution in [0.5, 0.6) is 0 Å². The van der Waals surface area contributed by atoms with Crippen molar-refractivity contribution in [1.82, 2.24) is 10.1 Å². The first kappa shape index (κ1) is 18.6. The number of carbonyl (C=O) groups excluding carboxylic acids is 1. The summed E-state index contributed by atoms with van der Waals surface area (Å²) in [5.41, 5.74) is 1.75. The van der Waals surface area contributed by atoms with Crippen LogP contribution in [0.25, 0.3) is 11.3 Å². The first-order valence-corrected chi connectivity index (χ1v) is 9.60. The van der Waals surface area contributed by atoms with Gasteiger partial charge in [-0.15, -0.1) is 0 Å². The fourth-order valence-corrected chi connectivity index (χ4v) is 3.49. The van der Waals surface area contributed by atoms with Crippen LogP contribution in [0.4, 0.5) is 5.88 Å². The Kier molecular flexibility index (Phi) is 6.09. The molecular weight excluding hydrogens is 326 g/mol. The lowest BCUT2D eigenvalue weighted by molar-refractivity contribution is -0.122. The largest absolute Gasteiger partial charge is 0.338 e. The monoisotopic (exact) mass is 355 g/mol. The smallest absolute Gasteiger partial charge is 0.234 e. The van der Waals surface area contributed by atoms with Gasteiger partial charge < -0.3 is 9.42 Å². The molecule has 1 aliphatic heterocycles. The fourth-order valence-electron chi connectivity index (χ4n) is 3.49. The van der Waals surface area contributed by atoms with Gasteiger partial charge in [-0.3, -0.25) is 9.69 Å². The Morgan fingerprint density at radius 1 is 1.19 bits per heavy atom. The topological polar surface area (TPSA) is 49.6 Å². The molecule has 2 heterocycles. The van der Waals surface area contributed by atoms with Gasteiger partial charge in [-0.25, -0.2) is 0 Å². The summed E-state index contributed by atoms with van der Waals surface area (Å²) in [4.78, 5) is 17.3. The third-order valence-corrected chi connectivity index (χ3v) is 4.80. The van der Waals surface area contributed by atoms with Crippen molar-refractivity contribution >= 4 is 11.8 Å². The lowest BCUT2D eigenvalue weighted by Gasteiger charge is -2.26. The highest BCUT2D eigenvalue weighted by Crippen LogP contribution is 2.26. The van der Waals surface area contributed by atoms with Gasteiger partial charge in [0.15, 0.2) is 0 Å². The normalized spacial score (nSPS) is 16.2. The predicted molar refractivity (Wildman–Crippen MR) is 104 cm³/mol. The Balaban J connectivity index is 1.77.